The SMILES string of the molecule is CCCCn1c(-c2ccccc2)nc(Br)c1CN(Cc1cccc(OC(F)(F)C(F)F)c1)Cc1ccc2c(c1)OCO2. The Morgan fingerprint density at radius 2 is 1.69 bits per heavy atom. The molecule has 1 aliphatic heterocycles. The number of benzene rings is 3. The van der Waals surface area contributed by atoms with Crippen LogP contribution in [0.5, 0.6) is 17.2 Å². The van der Waals surface area contributed by atoms with Crippen molar-refractivity contribution in [3.63, 3.8) is 0 Å². The summed E-state index contributed by atoms with van der Waals surface area (Å²) < 4.78 is 71.1. The molecule has 222 valence electrons. The summed E-state index contributed by atoms with van der Waals surface area (Å²) in [6.07, 6.45) is -6.58. The van der Waals surface area contributed by atoms with Crippen molar-refractivity contribution in [1.29, 1.82) is 0 Å². The lowest BCUT2D eigenvalue weighted by atomic mass is 10.1. The number of fused-ring (bicyclic) bond motifs is 1. The van der Waals surface area contributed by atoms with Crippen molar-refractivity contribution in [3.8, 4) is 28.6 Å². The topological polar surface area (TPSA) is 48.8 Å². The van der Waals surface area contributed by atoms with Crippen LogP contribution in [0.4, 0.5) is 17.6 Å². The second-order valence-electron chi connectivity index (χ2n) is 9.99. The van der Waals surface area contributed by atoms with Gasteiger partial charge in [-0.1, -0.05) is 61.9 Å². The fraction of sp³-hybridized carbons (Fsp3) is 0.323. The lowest BCUT2D eigenvalue weighted by Gasteiger charge is -2.25. The van der Waals surface area contributed by atoms with Crippen LogP contribution in [0.15, 0.2) is 77.4 Å². The first-order valence-corrected chi connectivity index (χ1v) is 14.4. The summed E-state index contributed by atoms with van der Waals surface area (Å²) in [6, 6.07) is 21.5. The largest absolute Gasteiger partial charge is 0.461 e. The third-order valence-corrected chi connectivity index (χ3v) is 7.46. The molecular formula is C31H30BrF4N3O3. The summed E-state index contributed by atoms with van der Waals surface area (Å²) in [4.78, 5) is 6.99. The van der Waals surface area contributed by atoms with Gasteiger partial charge in [0.15, 0.2) is 11.5 Å². The quantitative estimate of drug-likeness (QED) is 0.137. The van der Waals surface area contributed by atoms with Crippen LogP contribution in [0.3, 0.4) is 0 Å². The van der Waals surface area contributed by atoms with Crippen molar-refractivity contribution in [2.75, 3.05) is 6.79 Å². The maximum atomic E-state index is 13.6. The first-order valence-electron chi connectivity index (χ1n) is 13.6. The van der Waals surface area contributed by atoms with Crippen LogP contribution in [0.1, 0.15) is 36.6 Å². The first kappa shape index (κ1) is 29.9. The van der Waals surface area contributed by atoms with E-state index in [0.717, 1.165) is 42.0 Å². The minimum absolute atomic E-state index is 0.157. The lowest BCUT2D eigenvalue weighted by Crippen LogP contribution is -2.33. The molecular weight excluding hydrogens is 618 g/mol. The molecule has 2 heterocycles. The van der Waals surface area contributed by atoms with Crippen molar-refractivity contribution in [2.45, 2.75) is 58.5 Å². The number of aromatic nitrogens is 2. The fourth-order valence-electron chi connectivity index (χ4n) is 4.82. The minimum Gasteiger partial charge on any atom is -0.454 e. The van der Waals surface area contributed by atoms with Gasteiger partial charge in [-0.05, 0) is 57.7 Å². The van der Waals surface area contributed by atoms with Gasteiger partial charge in [0.2, 0.25) is 6.79 Å². The maximum absolute atomic E-state index is 13.6. The molecule has 0 N–H and O–H groups in total. The zero-order valence-electron chi connectivity index (χ0n) is 22.9. The molecule has 0 fully saturated rings. The second kappa shape index (κ2) is 13.2. The van der Waals surface area contributed by atoms with Crippen molar-refractivity contribution in [1.82, 2.24) is 14.5 Å². The van der Waals surface area contributed by atoms with Gasteiger partial charge in [-0.2, -0.15) is 17.6 Å². The number of imidazole rings is 1. The van der Waals surface area contributed by atoms with Gasteiger partial charge in [-0.15, -0.1) is 0 Å². The maximum Gasteiger partial charge on any atom is 0.461 e. The number of halogens is 5. The number of ether oxygens (including phenoxy) is 3. The van der Waals surface area contributed by atoms with Gasteiger partial charge in [-0.3, -0.25) is 4.90 Å². The van der Waals surface area contributed by atoms with E-state index in [1.807, 2.05) is 48.5 Å². The highest BCUT2D eigenvalue weighted by molar-refractivity contribution is 9.10. The van der Waals surface area contributed by atoms with Gasteiger partial charge in [0.1, 0.15) is 16.2 Å². The molecule has 0 saturated heterocycles. The number of hydrogen-bond donors (Lipinski definition) is 0. The van der Waals surface area contributed by atoms with Crippen molar-refractivity contribution < 1.29 is 31.8 Å². The van der Waals surface area contributed by atoms with E-state index in [1.54, 1.807) is 6.07 Å². The van der Waals surface area contributed by atoms with Crippen molar-refractivity contribution in [3.05, 3.63) is 94.2 Å². The zero-order valence-corrected chi connectivity index (χ0v) is 24.5. The highest BCUT2D eigenvalue weighted by Gasteiger charge is 2.44. The average molecular weight is 648 g/mol. The molecule has 6 nitrogen and oxygen atoms in total. The summed E-state index contributed by atoms with van der Waals surface area (Å²) in [5, 5.41) is 0. The van der Waals surface area contributed by atoms with E-state index in [4.69, 9.17) is 14.5 Å². The number of rotatable bonds is 13. The van der Waals surface area contributed by atoms with E-state index in [1.165, 1.54) is 18.2 Å². The Hall–Kier alpha value is -3.57. The molecule has 0 bridgehead atoms. The van der Waals surface area contributed by atoms with Crippen molar-refractivity contribution >= 4 is 15.9 Å². The Bertz CT molecular complexity index is 1500. The van der Waals surface area contributed by atoms with Crippen LogP contribution in [0, 0.1) is 0 Å². The monoisotopic (exact) mass is 647 g/mol. The first-order chi connectivity index (χ1) is 20.2. The van der Waals surface area contributed by atoms with Gasteiger partial charge in [0, 0.05) is 31.7 Å². The molecule has 0 saturated carbocycles. The van der Waals surface area contributed by atoms with Gasteiger partial charge >= 0.3 is 12.5 Å². The predicted molar refractivity (Wildman–Crippen MR) is 154 cm³/mol. The zero-order chi connectivity index (χ0) is 29.7. The second-order valence-corrected chi connectivity index (χ2v) is 10.7. The van der Waals surface area contributed by atoms with E-state index >= 15 is 0 Å². The van der Waals surface area contributed by atoms with Crippen LogP contribution in [-0.4, -0.2) is 33.8 Å². The Morgan fingerprint density at radius 1 is 0.952 bits per heavy atom. The van der Waals surface area contributed by atoms with Crippen LogP contribution in [0.25, 0.3) is 11.4 Å². The molecule has 3 aromatic carbocycles. The molecule has 0 amide bonds. The summed E-state index contributed by atoms with van der Waals surface area (Å²) >= 11 is 3.69. The smallest absolute Gasteiger partial charge is 0.454 e. The van der Waals surface area contributed by atoms with E-state index < -0.39 is 12.5 Å². The van der Waals surface area contributed by atoms with E-state index in [-0.39, 0.29) is 12.5 Å². The minimum atomic E-state index is -4.59. The highest BCUT2D eigenvalue weighted by atomic mass is 79.9. The number of alkyl halides is 4. The van der Waals surface area contributed by atoms with E-state index in [9.17, 15) is 17.6 Å². The normalized spacial score (nSPS) is 12.9. The van der Waals surface area contributed by atoms with Crippen LogP contribution < -0.4 is 14.2 Å². The van der Waals surface area contributed by atoms with Gasteiger partial charge < -0.3 is 18.8 Å². The molecule has 0 atom stereocenters. The number of nitrogens with zero attached hydrogens (tertiary/aromatic N) is 3. The van der Waals surface area contributed by atoms with E-state index in [2.05, 4.69) is 37.1 Å². The third kappa shape index (κ3) is 7.07. The Labute approximate surface area is 250 Å². The van der Waals surface area contributed by atoms with Crippen molar-refractivity contribution in [2.24, 2.45) is 0 Å². The van der Waals surface area contributed by atoms with Gasteiger partial charge in [0.05, 0.1) is 5.69 Å². The van der Waals surface area contributed by atoms with Crippen LogP contribution >= 0.6 is 15.9 Å². The molecule has 1 aromatic heterocycles. The molecule has 0 spiro atoms. The number of unbranched alkanes of at least 4 members (excludes halogenated alkanes) is 1. The average Bonchev–Trinajstić information content (AvgIpc) is 3.56. The molecule has 1 aliphatic rings. The Morgan fingerprint density at radius 3 is 2.43 bits per heavy atom. The molecule has 0 aliphatic carbocycles. The summed E-state index contributed by atoms with van der Waals surface area (Å²) in [7, 11) is 0. The van der Waals surface area contributed by atoms with E-state index in [0.29, 0.717) is 41.3 Å². The summed E-state index contributed by atoms with van der Waals surface area (Å²) in [5.41, 5.74) is 3.53. The number of hydrogen-bond acceptors (Lipinski definition) is 5. The van der Waals surface area contributed by atoms with Gasteiger partial charge in [0.25, 0.3) is 0 Å². The molecule has 42 heavy (non-hydrogen) atoms. The summed E-state index contributed by atoms with van der Waals surface area (Å²) in [5.74, 6) is 1.83. The highest BCUT2D eigenvalue weighted by Crippen LogP contribution is 2.34. The molecule has 5 rings (SSSR count). The fourth-order valence-corrected chi connectivity index (χ4v) is 5.32. The Kier molecular flexibility index (Phi) is 9.37. The van der Waals surface area contributed by atoms with Crippen LogP contribution in [0.2, 0.25) is 0 Å². The predicted octanol–water partition coefficient (Wildman–Crippen LogP) is 8.28. The standard InChI is InChI=1S/C31H30BrF4N3O3/c1-2-3-14-39-25(28(32)37-29(39)23-9-5-4-6-10-23)19-38(18-22-12-13-26-27(16-22)41-20-40-26)17-21-8-7-11-24(15-21)42-31(35,36)30(33)34/h4-13,15-16,30H,2-3,14,17-20H2,1H3. The Balaban J connectivity index is 1.47. The summed E-state index contributed by atoms with van der Waals surface area (Å²) in [6.45, 7) is 4.30. The third-order valence-electron chi connectivity index (χ3n) is 6.82. The molecule has 11 heteroatoms. The van der Waals surface area contributed by atoms with Crippen LogP contribution in [-0.2, 0) is 26.2 Å². The molecule has 4 aromatic rings. The van der Waals surface area contributed by atoms with Gasteiger partial charge in [-0.25, -0.2) is 4.98 Å². The molecule has 0 unspecified atom stereocenters. The molecule has 0 radical (unpaired) electrons. The lowest BCUT2D eigenvalue weighted by molar-refractivity contribution is -0.253.